The Bertz CT molecular complexity index is 2110. The van der Waals surface area contributed by atoms with Crippen LogP contribution in [0.3, 0.4) is 0 Å². The van der Waals surface area contributed by atoms with Crippen molar-refractivity contribution in [3.63, 3.8) is 0 Å². The molecular formula is C43H44ClN5O7. The van der Waals surface area contributed by atoms with Crippen molar-refractivity contribution in [3.8, 4) is 17.2 Å². The first kappa shape index (κ1) is 38.4. The van der Waals surface area contributed by atoms with Crippen LogP contribution in [0.15, 0.2) is 91.0 Å². The minimum Gasteiger partial charge on any atom is -0.508 e. The average molecular weight is 778 g/mol. The second-order valence-corrected chi connectivity index (χ2v) is 14.4. The number of nitrogens with one attached hydrogen (secondary N) is 2. The van der Waals surface area contributed by atoms with Crippen molar-refractivity contribution in [1.29, 1.82) is 0 Å². The maximum atomic E-state index is 13.2. The minimum atomic E-state index is -0.698. The molecule has 290 valence electrons. The molecule has 3 aliphatic rings. The monoisotopic (exact) mass is 777 g/mol. The van der Waals surface area contributed by atoms with Gasteiger partial charge in [0.25, 0.3) is 5.91 Å². The van der Waals surface area contributed by atoms with E-state index in [1.807, 2.05) is 59.5 Å². The quantitative estimate of drug-likeness (QED) is 0.0828. The summed E-state index contributed by atoms with van der Waals surface area (Å²) in [6, 6.07) is 26.7. The molecule has 2 saturated heterocycles. The summed E-state index contributed by atoms with van der Waals surface area (Å²) in [5.74, 6) is 0.431. The van der Waals surface area contributed by atoms with Crippen LogP contribution in [0.2, 0.25) is 0 Å². The number of piperidine rings is 1. The average Bonchev–Trinajstić information content (AvgIpc) is 3.54. The highest BCUT2D eigenvalue weighted by atomic mass is 35.5. The second kappa shape index (κ2) is 17.3. The number of alkyl halides is 1. The van der Waals surface area contributed by atoms with Gasteiger partial charge in [-0.05, 0) is 89.2 Å². The molecule has 7 rings (SSSR count). The number of phenolic OH excluding ortho intramolecular Hbond substituents is 2. The summed E-state index contributed by atoms with van der Waals surface area (Å²) in [5, 5.41) is 25.4. The van der Waals surface area contributed by atoms with Crippen molar-refractivity contribution in [3.05, 3.63) is 119 Å². The highest BCUT2D eigenvalue weighted by molar-refractivity contribution is 6.18. The first-order valence-electron chi connectivity index (χ1n) is 18.8. The fourth-order valence-corrected chi connectivity index (χ4v) is 7.77. The van der Waals surface area contributed by atoms with Crippen molar-refractivity contribution >= 4 is 52.1 Å². The first-order valence-corrected chi connectivity index (χ1v) is 19.3. The molecule has 4 aromatic carbocycles. The number of ether oxygens (including phenoxy) is 1. The lowest BCUT2D eigenvalue weighted by molar-refractivity contribution is -0.137. The molecule has 0 radical (unpaired) electrons. The van der Waals surface area contributed by atoms with Gasteiger partial charge in [-0.25, -0.2) is 0 Å². The number of nitrogens with zero attached hydrogens (tertiary/aromatic N) is 3. The van der Waals surface area contributed by atoms with Crippen LogP contribution >= 0.6 is 11.6 Å². The van der Waals surface area contributed by atoms with E-state index in [0.29, 0.717) is 69.3 Å². The van der Waals surface area contributed by atoms with Crippen molar-refractivity contribution in [2.24, 2.45) is 0 Å². The number of anilines is 1. The van der Waals surface area contributed by atoms with Crippen molar-refractivity contribution in [1.82, 2.24) is 20.0 Å². The number of benzene rings is 4. The highest BCUT2D eigenvalue weighted by Gasteiger charge is 2.40. The van der Waals surface area contributed by atoms with E-state index in [1.54, 1.807) is 36.4 Å². The lowest BCUT2D eigenvalue weighted by Crippen LogP contribution is -2.52. The Morgan fingerprint density at radius 3 is 2.12 bits per heavy atom. The SMILES string of the molecule is O=C1CCC(N2Cc3c(NCC(=O)N4CCN(CCOc5ccc(C(=C(CCCl)c6ccc(O)cc6)c6ccc(O)cc6)cc5)CC4)cccc3C2=O)C(=O)N1. The second-order valence-electron chi connectivity index (χ2n) is 14.1. The normalized spacial score (nSPS) is 17.7. The minimum absolute atomic E-state index is 0.0368. The molecule has 56 heavy (non-hydrogen) atoms. The van der Waals surface area contributed by atoms with Crippen molar-refractivity contribution in [2.75, 3.05) is 57.1 Å². The number of allylic oxidation sites excluding steroid dienone is 1. The molecule has 0 saturated carbocycles. The molecule has 4 amide bonds. The van der Waals surface area contributed by atoms with Gasteiger partial charge in [0.05, 0.1) is 6.54 Å². The van der Waals surface area contributed by atoms with Gasteiger partial charge in [0.15, 0.2) is 0 Å². The molecule has 2 fully saturated rings. The summed E-state index contributed by atoms with van der Waals surface area (Å²) in [7, 11) is 0. The number of phenols is 2. The zero-order valence-electron chi connectivity index (χ0n) is 30.9. The molecule has 0 bridgehead atoms. The predicted octanol–water partition coefficient (Wildman–Crippen LogP) is 5.08. The van der Waals surface area contributed by atoms with Crippen molar-refractivity contribution in [2.45, 2.75) is 31.8 Å². The third kappa shape index (κ3) is 8.66. The third-order valence-corrected chi connectivity index (χ3v) is 10.8. The molecule has 3 heterocycles. The van der Waals surface area contributed by atoms with E-state index in [0.717, 1.165) is 39.1 Å². The number of aromatic hydroxyl groups is 2. The molecule has 0 spiro atoms. The van der Waals surface area contributed by atoms with Crippen LogP contribution in [0, 0.1) is 0 Å². The number of fused-ring (bicyclic) bond motifs is 1. The summed E-state index contributed by atoms with van der Waals surface area (Å²) in [6.07, 6.45) is 1.08. The van der Waals surface area contributed by atoms with E-state index in [9.17, 15) is 29.4 Å². The van der Waals surface area contributed by atoms with E-state index in [-0.39, 0.29) is 48.7 Å². The van der Waals surface area contributed by atoms with Gasteiger partial charge in [0, 0.05) is 68.4 Å². The van der Waals surface area contributed by atoms with E-state index in [2.05, 4.69) is 15.5 Å². The zero-order valence-corrected chi connectivity index (χ0v) is 31.6. The smallest absolute Gasteiger partial charge is 0.255 e. The van der Waals surface area contributed by atoms with Gasteiger partial charge >= 0.3 is 0 Å². The number of halogens is 1. The maximum absolute atomic E-state index is 13.2. The van der Waals surface area contributed by atoms with Crippen LogP contribution in [0.25, 0.3) is 11.1 Å². The number of carbonyl (C=O) groups excluding carboxylic acids is 4. The maximum Gasteiger partial charge on any atom is 0.255 e. The summed E-state index contributed by atoms with van der Waals surface area (Å²) in [4.78, 5) is 56.1. The predicted molar refractivity (Wildman–Crippen MR) is 213 cm³/mol. The third-order valence-electron chi connectivity index (χ3n) is 10.6. The van der Waals surface area contributed by atoms with E-state index >= 15 is 0 Å². The number of hydrogen-bond acceptors (Lipinski definition) is 9. The Morgan fingerprint density at radius 2 is 1.48 bits per heavy atom. The first-order chi connectivity index (χ1) is 27.2. The molecule has 4 aromatic rings. The molecule has 0 aliphatic carbocycles. The summed E-state index contributed by atoms with van der Waals surface area (Å²) < 4.78 is 6.14. The van der Waals surface area contributed by atoms with E-state index < -0.39 is 11.9 Å². The number of carbonyl (C=O) groups is 4. The molecule has 1 unspecified atom stereocenters. The zero-order chi connectivity index (χ0) is 39.2. The van der Waals surface area contributed by atoms with Crippen LogP contribution in [-0.4, -0.2) is 106 Å². The molecule has 1 atom stereocenters. The summed E-state index contributed by atoms with van der Waals surface area (Å²) in [5.41, 5.74) is 6.76. The van der Waals surface area contributed by atoms with Gasteiger partial charge in [-0.2, -0.15) is 0 Å². The molecule has 13 heteroatoms. The number of piperazine rings is 1. The molecular weight excluding hydrogens is 734 g/mol. The fourth-order valence-electron chi connectivity index (χ4n) is 7.58. The molecule has 12 nitrogen and oxygen atoms in total. The lowest BCUT2D eigenvalue weighted by Gasteiger charge is -2.34. The van der Waals surface area contributed by atoms with Crippen molar-refractivity contribution < 1.29 is 34.1 Å². The van der Waals surface area contributed by atoms with Gasteiger partial charge in [-0.1, -0.05) is 42.5 Å². The van der Waals surface area contributed by atoms with Crippen LogP contribution in [-0.2, 0) is 20.9 Å². The Kier molecular flexibility index (Phi) is 11.9. The Hall–Kier alpha value is -5.85. The number of rotatable bonds is 13. The van der Waals surface area contributed by atoms with E-state index in [1.165, 1.54) is 4.90 Å². The summed E-state index contributed by atoms with van der Waals surface area (Å²) >= 11 is 6.28. The molecule has 4 N–H and O–H groups in total. The molecule has 0 aromatic heterocycles. The van der Waals surface area contributed by atoms with Crippen LogP contribution in [0.1, 0.15) is 51.9 Å². The van der Waals surface area contributed by atoms with Gasteiger partial charge in [-0.15, -0.1) is 11.6 Å². The standard InChI is InChI=1S/C43H44ClN5O7/c44-19-18-34(28-4-10-31(50)11-5-28)41(29-6-12-32(51)13-7-29)30-8-14-33(15-9-30)56-25-24-47-20-22-48(23-21-47)40(53)26-45-37-3-1-2-35-36(37)27-49(43(35)55)38-16-17-39(52)46-42(38)54/h1-15,38,45,50-51H,16-27H2,(H,46,52,54). The van der Waals surface area contributed by atoms with E-state index in [4.69, 9.17) is 16.3 Å². The largest absolute Gasteiger partial charge is 0.508 e. The topological polar surface area (TPSA) is 152 Å². The summed E-state index contributed by atoms with van der Waals surface area (Å²) in [6.45, 7) is 4.09. The number of hydrogen-bond donors (Lipinski definition) is 4. The lowest BCUT2D eigenvalue weighted by atomic mass is 9.88. The van der Waals surface area contributed by atoms with Crippen LogP contribution < -0.4 is 15.4 Å². The number of imide groups is 1. The van der Waals surface area contributed by atoms with Gasteiger partial charge in [0.1, 0.15) is 29.9 Å². The Morgan fingerprint density at radius 1 is 0.839 bits per heavy atom. The number of amides is 4. The van der Waals surface area contributed by atoms with Crippen LogP contribution in [0.4, 0.5) is 5.69 Å². The van der Waals surface area contributed by atoms with Gasteiger partial charge in [0.2, 0.25) is 17.7 Å². The highest BCUT2D eigenvalue weighted by Crippen LogP contribution is 2.37. The Balaban J connectivity index is 0.906. The van der Waals surface area contributed by atoms with Gasteiger partial charge in [-0.3, -0.25) is 29.4 Å². The fraction of sp³-hybridized carbons (Fsp3) is 0.302. The Labute approximate surface area is 330 Å². The van der Waals surface area contributed by atoms with Gasteiger partial charge < -0.3 is 30.1 Å². The van der Waals surface area contributed by atoms with Crippen LogP contribution in [0.5, 0.6) is 17.2 Å². The molecule has 3 aliphatic heterocycles.